The minimum absolute atomic E-state index is 0.0496. The molecule has 12 rings (SSSR count). The molecule has 0 saturated heterocycles. The second kappa shape index (κ2) is 16.6. The van der Waals surface area contributed by atoms with Crippen LogP contribution in [-0.4, -0.2) is 0 Å². The predicted octanol–water partition coefficient (Wildman–Crippen LogP) is 17.8. The molecule has 11 aromatic carbocycles. The number of hydrogen-bond acceptors (Lipinski definition) is 3. The molecule has 0 aromatic heterocycles. The van der Waals surface area contributed by atoms with Crippen LogP contribution in [0, 0.1) is 0 Å². The maximum absolute atomic E-state index is 6.94. The Kier molecular flexibility index (Phi) is 9.99. The summed E-state index contributed by atoms with van der Waals surface area (Å²) in [5.41, 5.74) is 26.6. The Morgan fingerprint density at radius 3 is 1.51 bits per heavy atom. The van der Waals surface area contributed by atoms with Crippen LogP contribution in [0.25, 0.3) is 66.1 Å². The van der Waals surface area contributed by atoms with Crippen LogP contribution in [0.2, 0.25) is 0 Å². The van der Waals surface area contributed by atoms with Crippen LogP contribution in [0.3, 0.4) is 0 Å². The van der Waals surface area contributed by atoms with Crippen molar-refractivity contribution in [2.75, 3.05) is 15.5 Å². The van der Waals surface area contributed by atoms with Crippen LogP contribution >= 0.6 is 0 Å². The Balaban J connectivity index is 0.896. The van der Waals surface area contributed by atoms with Crippen LogP contribution in [-0.2, 0) is 5.41 Å². The van der Waals surface area contributed by atoms with Crippen molar-refractivity contribution in [2.45, 2.75) is 19.3 Å². The zero-order valence-electron chi connectivity index (χ0n) is 38.1. The molecule has 0 fully saturated rings. The molecule has 0 spiro atoms. The van der Waals surface area contributed by atoms with E-state index in [-0.39, 0.29) is 5.41 Å². The van der Waals surface area contributed by atoms with Crippen LogP contribution in [0.15, 0.2) is 249 Å². The zero-order chi connectivity index (χ0) is 45.8. The molecule has 3 nitrogen and oxygen atoms in total. The van der Waals surface area contributed by atoms with Crippen molar-refractivity contribution in [2.24, 2.45) is 0 Å². The van der Waals surface area contributed by atoms with Gasteiger partial charge in [-0.05, 0) is 157 Å². The van der Waals surface area contributed by atoms with Gasteiger partial charge in [0, 0.05) is 50.6 Å². The quantitative estimate of drug-likeness (QED) is 0.147. The van der Waals surface area contributed by atoms with Gasteiger partial charge >= 0.3 is 0 Å². The van der Waals surface area contributed by atoms with Crippen LogP contribution in [0.4, 0.5) is 39.8 Å². The third kappa shape index (κ3) is 6.99. The molecule has 11 aromatic rings. The molecule has 0 saturated carbocycles. The van der Waals surface area contributed by atoms with Crippen LogP contribution < -0.4 is 15.5 Å². The van der Waals surface area contributed by atoms with E-state index < -0.39 is 0 Å². The summed E-state index contributed by atoms with van der Waals surface area (Å²) >= 11 is 0. The molecule has 0 aliphatic heterocycles. The molecule has 2 N–H and O–H groups in total. The second-order valence-corrected chi connectivity index (χ2v) is 18.3. The van der Waals surface area contributed by atoms with Crippen molar-refractivity contribution < 1.29 is 0 Å². The molecule has 0 unspecified atom stereocenters. The lowest BCUT2D eigenvalue weighted by Crippen LogP contribution is -2.15. The molecule has 1 aliphatic carbocycles. The van der Waals surface area contributed by atoms with Gasteiger partial charge in [0.05, 0.1) is 0 Å². The molecule has 0 atom stereocenters. The normalized spacial score (nSPS) is 12.4. The first-order valence-electron chi connectivity index (χ1n) is 23.5. The fraction of sp³-hybridized carbons (Fsp3) is 0.0462. The molecule has 68 heavy (non-hydrogen) atoms. The highest BCUT2D eigenvalue weighted by atomic mass is 15.1. The van der Waals surface area contributed by atoms with E-state index in [1.54, 1.807) is 0 Å². The summed E-state index contributed by atoms with van der Waals surface area (Å²) in [5.74, 6) is 0. The number of benzene rings is 11. The van der Waals surface area contributed by atoms with Gasteiger partial charge in [0.25, 0.3) is 0 Å². The molecular weight excluding hydrogens is 823 g/mol. The first-order valence-corrected chi connectivity index (χ1v) is 23.5. The number of anilines is 7. The van der Waals surface area contributed by atoms with Gasteiger partial charge in [0.15, 0.2) is 0 Å². The topological polar surface area (TPSA) is 32.5 Å². The van der Waals surface area contributed by atoms with Crippen molar-refractivity contribution in [3.8, 4) is 44.5 Å². The molecule has 1 aliphatic rings. The Hall–Kier alpha value is -8.66. The summed E-state index contributed by atoms with van der Waals surface area (Å²) in [6, 6.07) is 89.8. The van der Waals surface area contributed by atoms with Gasteiger partial charge in [0.2, 0.25) is 0 Å². The van der Waals surface area contributed by atoms with Gasteiger partial charge in [-0.3, -0.25) is 0 Å². The van der Waals surface area contributed by atoms with E-state index in [4.69, 9.17) is 5.73 Å². The first-order chi connectivity index (χ1) is 33.4. The Morgan fingerprint density at radius 2 is 0.809 bits per heavy atom. The highest BCUT2D eigenvalue weighted by Crippen LogP contribution is 2.51. The molecule has 0 bridgehead atoms. The number of rotatable bonds is 9. The van der Waals surface area contributed by atoms with Gasteiger partial charge in [0.1, 0.15) is 0 Å². The largest absolute Gasteiger partial charge is 0.398 e. The average molecular weight is 872 g/mol. The van der Waals surface area contributed by atoms with Gasteiger partial charge in [-0.1, -0.05) is 178 Å². The van der Waals surface area contributed by atoms with Crippen molar-refractivity contribution in [3.05, 3.63) is 260 Å². The standard InChI is InChI=1S/C65H49N3/c1-65(2)61-30-13-12-26-58(61)60-43-53(36-39-62(60)65)68(50-23-10-5-11-24-50)51-34-31-44(32-35-51)55-38-40-63(66)64-57(28-16-29-59(55)64)47-33-37-56-45(41-47)18-15-27-54(56)46-17-14-25-52(42-46)67(48-19-6-3-7-20-48)49-21-8-4-9-22-49/h3-43H,66H2,1-2H3. The van der Waals surface area contributed by atoms with Gasteiger partial charge < -0.3 is 15.5 Å². The number of fused-ring (bicyclic) bond motifs is 5. The van der Waals surface area contributed by atoms with Gasteiger partial charge in [-0.2, -0.15) is 0 Å². The van der Waals surface area contributed by atoms with Crippen molar-refractivity contribution in [3.63, 3.8) is 0 Å². The highest BCUT2D eigenvalue weighted by molar-refractivity contribution is 6.11. The van der Waals surface area contributed by atoms with Crippen molar-refractivity contribution in [1.82, 2.24) is 0 Å². The maximum atomic E-state index is 6.94. The highest BCUT2D eigenvalue weighted by Gasteiger charge is 2.35. The first kappa shape index (κ1) is 40.8. The maximum Gasteiger partial charge on any atom is 0.0468 e. The lowest BCUT2D eigenvalue weighted by atomic mass is 9.82. The van der Waals surface area contributed by atoms with Crippen LogP contribution in [0.5, 0.6) is 0 Å². The van der Waals surface area contributed by atoms with Gasteiger partial charge in [-0.25, -0.2) is 0 Å². The van der Waals surface area contributed by atoms with E-state index in [1.165, 1.54) is 38.6 Å². The monoisotopic (exact) mass is 871 g/mol. The third-order valence-electron chi connectivity index (χ3n) is 14.0. The average Bonchev–Trinajstić information content (AvgIpc) is 3.62. The van der Waals surface area contributed by atoms with Crippen LogP contribution in [0.1, 0.15) is 25.0 Å². The van der Waals surface area contributed by atoms with E-state index >= 15 is 0 Å². The molecular formula is C65H49N3. The number of nitrogens with two attached hydrogens (primary N) is 1. The number of hydrogen-bond donors (Lipinski definition) is 1. The summed E-state index contributed by atoms with van der Waals surface area (Å²) in [6.07, 6.45) is 0. The number of nitrogens with zero attached hydrogens (tertiary/aromatic N) is 2. The van der Waals surface area contributed by atoms with E-state index in [1.807, 2.05) is 0 Å². The minimum Gasteiger partial charge on any atom is -0.398 e. The van der Waals surface area contributed by atoms with E-state index in [9.17, 15) is 0 Å². The molecule has 0 amide bonds. The molecule has 0 heterocycles. The summed E-state index contributed by atoms with van der Waals surface area (Å²) < 4.78 is 0. The fourth-order valence-corrected chi connectivity index (χ4v) is 10.7. The van der Waals surface area contributed by atoms with E-state index in [2.05, 4.69) is 272 Å². The summed E-state index contributed by atoms with van der Waals surface area (Å²) in [7, 11) is 0. The number of nitrogen functional groups attached to an aromatic ring is 1. The molecule has 3 heteroatoms. The SMILES string of the molecule is CC1(C)c2ccccc2-c2cc(N(c3ccccc3)c3ccc(-c4ccc(N)c5c(-c6ccc7c(-c8cccc(N(c9ccccc9)c9ccccc9)c8)cccc7c6)cccc45)cc3)ccc21. The summed E-state index contributed by atoms with van der Waals surface area (Å²) in [4.78, 5) is 4.68. The minimum atomic E-state index is -0.0496. The lowest BCUT2D eigenvalue weighted by Gasteiger charge is -2.27. The van der Waals surface area contributed by atoms with E-state index in [0.717, 1.165) is 78.4 Å². The Bertz CT molecular complexity index is 3610. The summed E-state index contributed by atoms with van der Waals surface area (Å²) in [5, 5.41) is 4.56. The Morgan fingerprint density at radius 1 is 0.309 bits per heavy atom. The molecule has 0 radical (unpaired) electrons. The lowest BCUT2D eigenvalue weighted by molar-refractivity contribution is 0.660. The third-order valence-corrected chi connectivity index (χ3v) is 14.0. The smallest absolute Gasteiger partial charge is 0.0468 e. The summed E-state index contributed by atoms with van der Waals surface area (Å²) in [6.45, 7) is 4.67. The second-order valence-electron chi connectivity index (χ2n) is 18.3. The van der Waals surface area contributed by atoms with E-state index in [0.29, 0.717) is 0 Å². The Labute approximate surface area is 398 Å². The predicted molar refractivity (Wildman–Crippen MR) is 289 cm³/mol. The number of para-hydroxylation sites is 3. The fourth-order valence-electron chi connectivity index (χ4n) is 10.7. The van der Waals surface area contributed by atoms with Crippen molar-refractivity contribution >= 4 is 61.4 Å². The molecule has 324 valence electrons. The zero-order valence-corrected chi connectivity index (χ0v) is 38.1. The van der Waals surface area contributed by atoms with Gasteiger partial charge in [-0.15, -0.1) is 0 Å². The van der Waals surface area contributed by atoms with Crippen molar-refractivity contribution in [1.29, 1.82) is 0 Å².